The highest BCUT2D eigenvalue weighted by molar-refractivity contribution is 9.10. The van der Waals surface area contributed by atoms with Gasteiger partial charge in [-0.15, -0.1) is 0 Å². The van der Waals surface area contributed by atoms with Crippen molar-refractivity contribution in [2.24, 2.45) is 0 Å². The number of benzene rings is 5. The highest BCUT2D eigenvalue weighted by Gasteiger charge is 2.20. The maximum Gasteiger partial charge on any atom is 0.238 e. The third-order valence-electron chi connectivity index (χ3n) is 6.86. The molecule has 0 aliphatic rings. The molecule has 37 heavy (non-hydrogen) atoms. The zero-order chi connectivity index (χ0) is 24.5. The monoisotopic (exact) mass is 540 g/mol. The van der Waals surface area contributed by atoms with Crippen LogP contribution in [0.3, 0.4) is 0 Å². The van der Waals surface area contributed by atoms with E-state index in [2.05, 4.69) is 70.5 Å². The van der Waals surface area contributed by atoms with Crippen LogP contribution in [-0.2, 0) is 0 Å². The summed E-state index contributed by atoms with van der Waals surface area (Å²) < 4.78 is 9.42. The van der Waals surface area contributed by atoms with Crippen molar-refractivity contribution in [1.29, 1.82) is 0 Å². The fraction of sp³-hybridized carbons (Fsp3) is 0. The predicted octanol–water partition coefficient (Wildman–Crippen LogP) is 8.43. The van der Waals surface area contributed by atoms with Crippen molar-refractivity contribution in [3.05, 3.63) is 108 Å². The number of imidazole rings is 1. The van der Waals surface area contributed by atoms with Gasteiger partial charge in [0.25, 0.3) is 0 Å². The average molecular weight is 541 g/mol. The van der Waals surface area contributed by atoms with Crippen molar-refractivity contribution >= 4 is 65.5 Å². The predicted molar refractivity (Wildman–Crippen MR) is 152 cm³/mol. The van der Waals surface area contributed by atoms with E-state index in [1.807, 2.05) is 52.9 Å². The fourth-order valence-electron chi connectivity index (χ4n) is 5.16. The van der Waals surface area contributed by atoms with Gasteiger partial charge in [-0.3, -0.25) is 4.40 Å². The van der Waals surface area contributed by atoms with E-state index in [1.165, 1.54) is 0 Å². The summed E-state index contributed by atoms with van der Waals surface area (Å²) in [5.41, 5.74) is 5.28. The van der Waals surface area contributed by atoms with E-state index in [1.54, 1.807) is 0 Å². The summed E-state index contributed by atoms with van der Waals surface area (Å²) in [4.78, 5) is 15.0. The second-order valence-corrected chi connectivity index (χ2v) is 10.0. The first-order valence-electron chi connectivity index (χ1n) is 12.0. The lowest BCUT2D eigenvalue weighted by molar-refractivity contribution is 0.669. The van der Waals surface area contributed by atoms with Crippen LogP contribution < -0.4 is 0 Å². The Labute approximate surface area is 219 Å². The lowest BCUT2D eigenvalue weighted by Crippen LogP contribution is -2.02. The Morgan fingerprint density at radius 3 is 2.35 bits per heavy atom. The third kappa shape index (κ3) is 3.12. The summed E-state index contributed by atoms with van der Waals surface area (Å²) >= 11 is 3.59. The third-order valence-corrected chi connectivity index (χ3v) is 7.36. The molecule has 3 aromatic heterocycles. The van der Waals surface area contributed by atoms with Gasteiger partial charge < -0.3 is 4.42 Å². The maximum absolute atomic E-state index is 6.41. The molecule has 0 radical (unpaired) electrons. The minimum atomic E-state index is 0.596. The minimum absolute atomic E-state index is 0.596. The molecule has 0 fully saturated rings. The maximum atomic E-state index is 6.41. The van der Waals surface area contributed by atoms with Gasteiger partial charge >= 0.3 is 0 Å². The quantitative estimate of drug-likeness (QED) is 0.220. The second kappa shape index (κ2) is 7.72. The summed E-state index contributed by atoms with van der Waals surface area (Å²) in [5, 5.41) is 4.41. The smallest absolute Gasteiger partial charge is 0.238 e. The number of furan rings is 1. The summed E-state index contributed by atoms with van der Waals surface area (Å²) in [6.45, 7) is 0. The van der Waals surface area contributed by atoms with Crippen molar-refractivity contribution in [2.45, 2.75) is 0 Å². The Bertz CT molecular complexity index is 2180. The van der Waals surface area contributed by atoms with Crippen LogP contribution in [-0.4, -0.2) is 19.4 Å². The molecule has 0 bridgehead atoms. The number of halogens is 1. The van der Waals surface area contributed by atoms with E-state index in [-0.39, 0.29) is 0 Å². The van der Waals surface area contributed by atoms with Gasteiger partial charge in [0.15, 0.2) is 11.6 Å². The van der Waals surface area contributed by atoms with Gasteiger partial charge in [-0.25, -0.2) is 9.97 Å². The molecule has 0 aliphatic heterocycles. The summed E-state index contributed by atoms with van der Waals surface area (Å²) in [5.74, 6) is 1.94. The molecule has 8 rings (SSSR count). The van der Waals surface area contributed by atoms with Crippen molar-refractivity contribution in [3.63, 3.8) is 0 Å². The van der Waals surface area contributed by atoms with E-state index < -0.39 is 0 Å². The molecule has 0 atom stereocenters. The molecular formula is C31H17BrN4O. The van der Waals surface area contributed by atoms with Gasteiger partial charge in [-0.05, 0) is 47.2 Å². The van der Waals surface area contributed by atoms with Gasteiger partial charge in [-0.2, -0.15) is 4.98 Å². The highest BCUT2D eigenvalue weighted by atomic mass is 79.9. The van der Waals surface area contributed by atoms with E-state index in [0.717, 1.165) is 65.2 Å². The summed E-state index contributed by atoms with van der Waals surface area (Å²) in [6, 6.07) is 34.9. The molecule has 8 aromatic rings. The molecule has 5 aromatic carbocycles. The molecule has 0 N–H and O–H groups in total. The van der Waals surface area contributed by atoms with Crippen LogP contribution in [0.2, 0.25) is 0 Å². The van der Waals surface area contributed by atoms with Crippen molar-refractivity contribution in [1.82, 2.24) is 19.4 Å². The first kappa shape index (κ1) is 20.6. The molecule has 6 heteroatoms. The Morgan fingerprint density at radius 1 is 0.676 bits per heavy atom. The number of fused-ring (bicyclic) bond motifs is 7. The van der Waals surface area contributed by atoms with E-state index >= 15 is 0 Å². The van der Waals surface area contributed by atoms with E-state index in [0.29, 0.717) is 11.6 Å². The van der Waals surface area contributed by atoms with Crippen molar-refractivity contribution in [3.8, 4) is 22.8 Å². The zero-order valence-corrected chi connectivity index (χ0v) is 21.0. The largest absolute Gasteiger partial charge is 0.455 e. The zero-order valence-electron chi connectivity index (χ0n) is 19.4. The second-order valence-electron chi connectivity index (χ2n) is 9.10. The van der Waals surface area contributed by atoms with Crippen molar-refractivity contribution in [2.75, 3.05) is 0 Å². The lowest BCUT2D eigenvalue weighted by Gasteiger charge is -2.10. The Kier molecular flexibility index (Phi) is 4.30. The summed E-state index contributed by atoms with van der Waals surface area (Å²) in [7, 11) is 0. The fourth-order valence-corrected chi connectivity index (χ4v) is 5.56. The number of rotatable bonds is 2. The Hall–Kier alpha value is -4.55. The molecule has 0 saturated carbocycles. The van der Waals surface area contributed by atoms with Gasteiger partial charge in [0.2, 0.25) is 5.78 Å². The standard InChI is InChI=1S/C31H17BrN4O/c32-21-10-5-9-20(15-21)29-34-30(24-13-6-12-23-22-11-3-4-14-27(22)37-28(23)24)36-26-17-19-8-2-1-7-18(19)16-25(26)33-31(36)35-29/h1-17H. The normalized spacial score (nSPS) is 11.9. The first-order valence-corrected chi connectivity index (χ1v) is 12.8. The van der Waals surface area contributed by atoms with Crippen LogP contribution in [0.25, 0.3) is 72.3 Å². The Balaban J connectivity index is 1.53. The van der Waals surface area contributed by atoms with Gasteiger partial charge in [0.05, 0.1) is 16.6 Å². The van der Waals surface area contributed by atoms with Crippen molar-refractivity contribution < 1.29 is 4.42 Å². The van der Waals surface area contributed by atoms with Gasteiger partial charge in [-0.1, -0.05) is 82.7 Å². The molecule has 0 spiro atoms. The van der Waals surface area contributed by atoms with Gasteiger partial charge in [0, 0.05) is 20.8 Å². The minimum Gasteiger partial charge on any atom is -0.455 e. The number of para-hydroxylation sites is 2. The molecular weight excluding hydrogens is 524 g/mol. The van der Waals surface area contributed by atoms with Crippen LogP contribution in [0, 0.1) is 0 Å². The molecule has 174 valence electrons. The molecule has 5 nitrogen and oxygen atoms in total. The first-order chi connectivity index (χ1) is 18.2. The van der Waals surface area contributed by atoms with Crippen LogP contribution in [0.1, 0.15) is 0 Å². The van der Waals surface area contributed by atoms with Gasteiger partial charge in [0.1, 0.15) is 11.2 Å². The van der Waals surface area contributed by atoms with E-state index in [4.69, 9.17) is 19.4 Å². The topological polar surface area (TPSA) is 56.2 Å². The number of nitrogens with zero attached hydrogens (tertiary/aromatic N) is 4. The highest BCUT2D eigenvalue weighted by Crippen LogP contribution is 2.37. The van der Waals surface area contributed by atoms with Crippen LogP contribution in [0.4, 0.5) is 0 Å². The molecule has 0 aliphatic carbocycles. The Morgan fingerprint density at radius 2 is 1.46 bits per heavy atom. The average Bonchev–Trinajstić information content (AvgIpc) is 3.49. The summed E-state index contributed by atoms with van der Waals surface area (Å²) in [6.07, 6.45) is 0. The molecule has 0 saturated heterocycles. The van der Waals surface area contributed by atoms with Crippen LogP contribution >= 0.6 is 15.9 Å². The van der Waals surface area contributed by atoms with E-state index in [9.17, 15) is 0 Å². The molecule has 0 amide bonds. The molecule has 3 heterocycles. The lowest BCUT2D eigenvalue weighted by atomic mass is 10.1. The number of hydrogen-bond acceptors (Lipinski definition) is 4. The SMILES string of the molecule is Brc1cccc(-c2nc(-c3cccc4c3oc3ccccc34)n3c(n2)nc2cc4ccccc4cc23)c1. The molecule has 0 unspecified atom stereocenters. The van der Waals surface area contributed by atoms with Crippen LogP contribution in [0.5, 0.6) is 0 Å². The van der Waals surface area contributed by atoms with Crippen LogP contribution in [0.15, 0.2) is 112 Å². The number of aromatic nitrogens is 4. The number of hydrogen-bond donors (Lipinski definition) is 0.